The van der Waals surface area contributed by atoms with Gasteiger partial charge in [0.25, 0.3) is 0 Å². The Bertz CT molecular complexity index is 204. The zero-order chi connectivity index (χ0) is 11.2. The number of methoxy groups -OCH3 is 1. The first kappa shape index (κ1) is 13.4. The SMILES string of the molecule is COCC(C)(C)NCCC(C)(C)C#N. The zero-order valence-electron chi connectivity index (χ0n) is 9.98. The summed E-state index contributed by atoms with van der Waals surface area (Å²) in [6, 6.07) is 2.29. The molecule has 3 heteroatoms. The topological polar surface area (TPSA) is 45.0 Å². The largest absolute Gasteiger partial charge is 0.383 e. The van der Waals surface area contributed by atoms with Gasteiger partial charge in [-0.3, -0.25) is 0 Å². The molecule has 3 nitrogen and oxygen atoms in total. The van der Waals surface area contributed by atoms with Gasteiger partial charge in [0.2, 0.25) is 0 Å². The van der Waals surface area contributed by atoms with E-state index in [0.29, 0.717) is 6.61 Å². The van der Waals surface area contributed by atoms with E-state index < -0.39 is 0 Å². The van der Waals surface area contributed by atoms with Crippen LogP contribution in [-0.4, -0.2) is 25.8 Å². The normalized spacial score (nSPS) is 12.6. The minimum Gasteiger partial charge on any atom is -0.383 e. The first-order chi connectivity index (χ1) is 6.33. The Morgan fingerprint density at radius 1 is 1.29 bits per heavy atom. The molecule has 0 aliphatic heterocycles. The highest BCUT2D eigenvalue weighted by Gasteiger charge is 2.20. The first-order valence-electron chi connectivity index (χ1n) is 4.98. The van der Waals surface area contributed by atoms with Crippen molar-refractivity contribution in [3.05, 3.63) is 0 Å². The molecule has 0 aromatic carbocycles. The van der Waals surface area contributed by atoms with E-state index in [1.165, 1.54) is 0 Å². The van der Waals surface area contributed by atoms with Gasteiger partial charge in [0.1, 0.15) is 0 Å². The molecular weight excluding hydrogens is 176 g/mol. The number of hydrogen-bond acceptors (Lipinski definition) is 3. The summed E-state index contributed by atoms with van der Waals surface area (Å²) < 4.78 is 5.09. The van der Waals surface area contributed by atoms with Gasteiger partial charge < -0.3 is 10.1 Å². The fraction of sp³-hybridized carbons (Fsp3) is 0.909. The standard InChI is InChI=1S/C11H22N2O/c1-10(2,8-12)6-7-13-11(3,4)9-14-5/h13H,6-7,9H2,1-5H3. The van der Waals surface area contributed by atoms with Gasteiger partial charge >= 0.3 is 0 Å². The molecule has 0 rings (SSSR count). The van der Waals surface area contributed by atoms with Crippen LogP contribution in [0.25, 0.3) is 0 Å². The Hall–Kier alpha value is -0.590. The van der Waals surface area contributed by atoms with Crippen molar-refractivity contribution in [2.75, 3.05) is 20.3 Å². The summed E-state index contributed by atoms with van der Waals surface area (Å²) >= 11 is 0. The molecule has 0 saturated carbocycles. The van der Waals surface area contributed by atoms with Gasteiger partial charge in [-0.05, 0) is 40.7 Å². The molecule has 0 unspecified atom stereocenters. The van der Waals surface area contributed by atoms with Crippen LogP contribution in [0.1, 0.15) is 34.1 Å². The van der Waals surface area contributed by atoms with Crippen molar-refractivity contribution in [3.63, 3.8) is 0 Å². The molecule has 0 aliphatic carbocycles. The molecule has 1 N–H and O–H groups in total. The zero-order valence-corrected chi connectivity index (χ0v) is 9.98. The highest BCUT2D eigenvalue weighted by atomic mass is 16.5. The number of hydrogen-bond donors (Lipinski definition) is 1. The Morgan fingerprint density at radius 3 is 2.29 bits per heavy atom. The molecule has 0 saturated heterocycles. The summed E-state index contributed by atoms with van der Waals surface area (Å²) in [5.74, 6) is 0. The van der Waals surface area contributed by atoms with Crippen LogP contribution in [0.2, 0.25) is 0 Å². The molecule has 0 spiro atoms. The molecule has 0 aromatic rings. The minimum absolute atomic E-state index is 0.0136. The molecule has 82 valence electrons. The van der Waals surface area contributed by atoms with E-state index in [2.05, 4.69) is 25.2 Å². The molecule has 0 fully saturated rings. The van der Waals surface area contributed by atoms with Crippen LogP contribution in [0.4, 0.5) is 0 Å². The van der Waals surface area contributed by atoms with Crippen molar-refractivity contribution in [1.29, 1.82) is 5.26 Å². The van der Waals surface area contributed by atoms with Crippen LogP contribution in [-0.2, 0) is 4.74 Å². The van der Waals surface area contributed by atoms with Crippen LogP contribution < -0.4 is 5.32 Å². The fourth-order valence-corrected chi connectivity index (χ4v) is 1.18. The molecule has 14 heavy (non-hydrogen) atoms. The molecule has 0 bridgehead atoms. The van der Waals surface area contributed by atoms with Gasteiger partial charge in [0.15, 0.2) is 0 Å². The van der Waals surface area contributed by atoms with E-state index in [9.17, 15) is 0 Å². The Morgan fingerprint density at radius 2 is 1.86 bits per heavy atom. The van der Waals surface area contributed by atoms with E-state index in [4.69, 9.17) is 10.00 Å². The lowest BCUT2D eigenvalue weighted by Crippen LogP contribution is -2.44. The smallest absolute Gasteiger partial charge is 0.0684 e. The lowest BCUT2D eigenvalue weighted by molar-refractivity contribution is 0.127. The lowest BCUT2D eigenvalue weighted by Gasteiger charge is -2.27. The minimum atomic E-state index is -0.240. The van der Waals surface area contributed by atoms with Gasteiger partial charge in [-0.25, -0.2) is 0 Å². The Kier molecular flexibility index (Phi) is 5.11. The number of ether oxygens (including phenoxy) is 1. The van der Waals surface area contributed by atoms with Gasteiger partial charge in [0.05, 0.1) is 18.1 Å². The van der Waals surface area contributed by atoms with Crippen molar-refractivity contribution in [2.45, 2.75) is 39.7 Å². The highest BCUT2D eigenvalue weighted by molar-refractivity contribution is 4.92. The maximum absolute atomic E-state index is 8.82. The molecular formula is C11H22N2O. The third-order valence-corrected chi connectivity index (χ3v) is 2.16. The third-order valence-electron chi connectivity index (χ3n) is 2.16. The number of rotatable bonds is 6. The molecule has 0 heterocycles. The number of nitrogens with zero attached hydrogens (tertiary/aromatic N) is 1. The van der Waals surface area contributed by atoms with Crippen molar-refractivity contribution in [3.8, 4) is 6.07 Å². The maximum atomic E-state index is 8.82. The third kappa shape index (κ3) is 5.95. The average molecular weight is 198 g/mol. The van der Waals surface area contributed by atoms with E-state index in [0.717, 1.165) is 13.0 Å². The molecule has 0 atom stereocenters. The van der Waals surface area contributed by atoms with Crippen molar-refractivity contribution in [2.24, 2.45) is 5.41 Å². The van der Waals surface area contributed by atoms with Crippen LogP contribution in [0, 0.1) is 16.7 Å². The maximum Gasteiger partial charge on any atom is 0.0684 e. The molecule has 0 aromatic heterocycles. The summed E-state index contributed by atoms with van der Waals surface area (Å²) in [5, 5.41) is 12.2. The second kappa shape index (κ2) is 5.33. The summed E-state index contributed by atoms with van der Waals surface area (Å²) in [4.78, 5) is 0. The summed E-state index contributed by atoms with van der Waals surface area (Å²) in [7, 11) is 1.70. The Labute approximate surface area is 87.4 Å². The summed E-state index contributed by atoms with van der Waals surface area (Å²) in [5.41, 5.74) is -0.254. The van der Waals surface area contributed by atoms with Crippen LogP contribution in [0.5, 0.6) is 0 Å². The molecule has 0 amide bonds. The summed E-state index contributed by atoms with van der Waals surface area (Å²) in [6.07, 6.45) is 0.858. The van der Waals surface area contributed by atoms with Crippen LogP contribution >= 0.6 is 0 Å². The quantitative estimate of drug-likeness (QED) is 0.709. The monoisotopic (exact) mass is 198 g/mol. The van der Waals surface area contributed by atoms with Gasteiger partial charge in [0, 0.05) is 12.6 Å². The second-order valence-electron chi connectivity index (χ2n) is 4.99. The van der Waals surface area contributed by atoms with E-state index in [1.807, 2.05) is 13.8 Å². The van der Waals surface area contributed by atoms with E-state index in [1.54, 1.807) is 7.11 Å². The predicted molar refractivity (Wildman–Crippen MR) is 58.0 cm³/mol. The Balaban J connectivity index is 3.80. The van der Waals surface area contributed by atoms with E-state index >= 15 is 0 Å². The van der Waals surface area contributed by atoms with Crippen LogP contribution in [0.15, 0.2) is 0 Å². The van der Waals surface area contributed by atoms with Crippen molar-refractivity contribution < 1.29 is 4.74 Å². The second-order valence-corrected chi connectivity index (χ2v) is 4.99. The fourth-order valence-electron chi connectivity index (χ4n) is 1.18. The number of nitrogens with one attached hydrogen (secondary N) is 1. The van der Waals surface area contributed by atoms with E-state index in [-0.39, 0.29) is 11.0 Å². The average Bonchev–Trinajstić information content (AvgIpc) is 2.03. The van der Waals surface area contributed by atoms with Gasteiger partial charge in [-0.1, -0.05) is 0 Å². The van der Waals surface area contributed by atoms with Crippen LogP contribution in [0.3, 0.4) is 0 Å². The highest BCUT2D eigenvalue weighted by Crippen LogP contribution is 2.17. The first-order valence-corrected chi connectivity index (χ1v) is 4.98. The lowest BCUT2D eigenvalue weighted by atomic mass is 9.91. The molecule has 0 radical (unpaired) electrons. The summed E-state index contributed by atoms with van der Waals surface area (Å²) in [6.45, 7) is 9.62. The predicted octanol–water partition coefficient (Wildman–Crippen LogP) is 1.94. The molecule has 0 aliphatic rings. The van der Waals surface area contributed by atoms with Gasteiger partial charge in [-0.15, -0.1) is 0 Å². The number of nitriles is 1. The van der Waals surface area contributed by atoms with Gasteiger partial charge in [-0.2, -0.15) is 5.26 Å². The van der Waals surface area contributed by atoms with Crippen molar-refractivity contribution in [1.82, 2.24) is 5.32 Å². The van der Waals surface area contributed by atoms with Crippen molar-refractivity contribution >= 4 is 0 Å².